The van der Waals surface area contributed by atoms with E-state index in [9.17, 15) is 18.0 Å². The topological polar surface area (TPSA) is 120 Å². The molecule has 2 heterocycles. The minimum atomic E-state index is -3.82. The van der Waals surface area contributed by atoms with Crippen LogP contribution in [0.15, 0.2) is 64.3 Å². The highest BCUT2D eigenvalue weighted by Crippen LogP contribution is 2.22. The van der Waals surface area contributed by atoms with Crippen LogP contribution in [0.5, 0.6) is 0 Å². The van der Waals surface area contributed by atoms with Gasteiger partial charge in [-0.15, -0.1) is 11.3 Å². The molecule has 1 aromatic carbocycles. The molecule has 144 valence electrons. The number of carbonyl (C=O) groups excluding carboxylic acids is 2. The van der Waals surface area contributed by atoms with Crippen molar-refractivity contribution in [2.45, 2.75) is 4.21 Å². The molecule has 0 fully saturated rings. The molecule has 0 radical (unpaired) electrons. The van der Waals surface area contributed by atoms with Gasteiger partial charge in [0.25, 0.3) is 21.8 Å². The Labute approximate surface area is 169 Å². The number of amides is 2. The molecule has 0 aliphatic heterocycles. The summed E-state index contributed by atoms with van der Waals surface area (Å²) < 4.78 is 27.5. The summed E-state index contributed by atoms with van der Waals surface area (Å²) in [6.45, 7) is 0. The molecule has 0 spiro atoms. The Hall–Kier alpha value is -3.02. The van der Waals surface area contributed by atoms with Crippen molar-refractivity contribution in [1.82, 2.24) is 15.8 Å². The molecule has 2 amide bonds. The Balaban J connectivity index is 1.75. The second-order valence-electron chi connectivity index (χ2n) is 5.40. The largest absolute Gasteiger partial charge is 0.352 e. The Morgan fingerprint density at radius 3 is 2.29 bits per heavy atom. The molecule has 0 aliphatic carbocycles. The van der Waals surface area contributed by atoms with Gasteiger partial charge in [0.1, 0.15) is 8.85 Å². The fourth-order valence-electron chi connectivity index (χ4n) is 2.23. The number of benzene rings is 1. The molecule has 0 aliphatic rings. The van der Waals surface area contributed by atoms with Gasteiger partial charge in [-0.1, -0.05) is 30.4 Å². The smallest absolute Gasteiger partial charge is 0.272 e. The monoisotopic (exact) mass is 434 g/mol. The van der Waals surface area contributed by atoms with Crippen LogP contribution in [0.2, 0.25) is 0 Å². The maximum Gasteiger partial charge on any atom is 0.272 e. The maximum absolute atomic E-state index is 12.5. The lowest BCUT2D eigenvalue weighted by atomic mass is 10.2. The number of hydrogen-bond donors (Lipinski definition) is 4. The predicted octanol–water partition coefficient (Wildman–Crippen LogP) is 2.68. The van der Waals surface area contributed by atoms with Crippen molar-refractivity contribution in [2.24, 2.45) is 0 Å². The molecule has 0 atom stereocenters. The quantitative estimate of drug-likeness (QED) is 0.364. The van der Waals surface area contributed by atoms with Crippen molar-refractivity contribution in [3.05, 3.63) is 75.9 Å². The van der Waals surface area contributed by atoms with Crippen LogP contribution in [0.3, 0.4) is 0 Å². The van der Waals surface area contributed by atoms with Gasteiger partial charge < -0.3 is 4.98 Å². The standard InChI is InChI=1S/C17H14N4O4S3/c22-15(19-20-16(23)12-6-3-9-18-17(12)26)11-5-1-2-7-13(11)21-28(24,25)14-8-4-10-27-14/h1-10,21H,(H,18,26)(H,19,22)(H,20,23). The normalized spacial score (nSPS) is 10.9. The number of hydrazine groups is 1. The lowest BCUT2D eigenvalue weighted by Crippen LogP contribution is -2.42. The fourth-order valence-corrected chi connectivity index (χ4v) is 4.53. The van der Waals surface area contributed by atoms with Crippen molar-refractivity contribution >= 4 is 51.1 Å². The third-order valence-electron chi connectivity index (χ3n) is 3.53. The van der Waals surface area contributed by atoms with Gasteiger partial charge in [-0.2, -0.15) is 0 Å². The van der Waals surface area contributed by atoms with Crippen molar-refractivity contribution in [3.8, 4) is 0 Å². The fraction of sp³-hybridized carbons (Fsp3) is 0. The van der Waals surface area contributed by atoms with Gasteiger partial charge in [0.05, 0.1) is 16.8 Å². The summed E-state index contributed by atoms with van der Waals surface area (Å²) in [6, 6.07) is 12.2. The van der Waals surface area contributed by atoms with Crippen LogP contribution >= 0.6 is 23.6 Å². The van der Waals surface area contributed by atoms with Crippen LogP contribution in [-0.2, 0) is 10.0 Å². The number of anilines is 1. The maximum atomic E-state index is 12.5. The van der Waals surface area contributed by atoms with Crippen LogP contribution in [0.1, 0.15) is 20.7 Å². The SMILES string of the molecule is O=C(NNC(=O)c1ccc[nH]c1=S)c1ccccc1NS(=O)(=O)c1cccs1. The third kappa shape index (κ3) is 4.44. The molecular formula is C17H14N4O4S3. The van der Waals surface area contributed by atoms with Crippen molar-refractivity contribution in [1.29, 1.82) is 0 Å². The van der Waals surface area contributed by atoms with Crippen LogP contribution < -0.4 is 15.6 Å². The summed E-state index contributed by atoms with van der Waals surface area (Å²) in [7, 11) is -3.82. The second kappa shape index (κ2) is 8.33. The number of pyridine rings is 1. The number of rotatable bonds is 5. The van der Waals surface area contributed by atoms with E-state index in [0.717, 1.165) is 11.3 Å². The van der Waals surface area contributed by atoms with Gasteiger partial charge in [-0.25, -0.2) is 8.42 Å². The van der Waals surface area contributed by atoms with Gasteiger partial charge in [-0.05, 0) is 35.7 Å². The summed E-state index contributed by atoms with van der Waals surface area (Å²) in [5.74, 6) is -1.30. The molecule has 0 unspecified atom stereocenters. The van der Waals surface area contributed by atoms with E-state index in [-0.39, 0.29) is 25.7 Å². The summed E-state index contributed by atoms with van der Waals surface area (Å²) in [4.78, 5) is 27.3. The third-order valence-corrected chi connectivity index (χ3v) is 6.63. The summed E-state index contributed by atoms with van der Waals surface area (Å²) in [5.41, 5.74) is 4.82. The Kier molecular flexibility index (Phi) is 5.87. The minimum Gasteiger partial charge on any atom is -0.352 e. The molecule has 3 rings (SSSR count). The predicted molar refractivity (Wildman–Crippen MR) is 108 cm³/mol. The zero-order chi connectivity index (χ0) is 20.1. The van der Waals surface area contributed by atoms with E-state index in [1.54, 1.807) is 35.8 Å². The van der Waals surface area contributed by atoms with E-state index in [1.165, 1.54) is 24.3 Å². The minimum absolute atomic E-state index is 0.0427. The van der Waals surface area contributed by atoms with E-state index in [0.29, 0.717) is 0 Å². The highest BCUT2D eigenvalue weighted by atomic mass is 32.2. The number of hydrogen-bond acceptors (Lipinski definition) is 6. The van der Waals surface area contributed by atoms with Gasteiger partial charge in [0.15, 0.2) is 0 Å². The van der Waals surface area contributed by atoms with E-state index in [1.807, 2.05) is 0 Å². The van der Waals surface area contributed by atoms with Gasteiger partial charge in [0, 0.05) is 6.20 Å². The van der Waals surface area contributed by atoms with Gasteiger partial charge in [0.2, 0.25) is 0 Å². The molecule has 0 saturated heterocycles. The van der Waals surface area contributed by atoms with Crippen LogP contribution in [0.25, 0.3) is 0 Å². The van der Waals surface area contributed by atoms with Crippen molar-refractivity contribution in [2.75, 3.05) is 4.72 Å². The van der Waals surface area contributed by atoms with Crippen LogP contribution in [0, 0.1) is 4.64 Å². The number of sulfonamides is 1. The number of carbonyl (C=O) groups is 2. The first kappa shape index (κ1) is 19.7. The average molecular weight is 435 g/mol. The second-order valence-corrected chi connectivity index (χ2v) is 8.67. The Bertz CT molecular complexity index is 1170. The molecule has 0 saturated carbocycles. The molecule has 11 heteroatoms. The number of aromatic nitrogens is 1. The summed E-state index contributed by atoms with van der Waals surface area (Å²) >= 11 is 6.07. The molecule has 3 aromatic rings. The highest BCUT2D eigenvalue weighted by Gasteiger charge is 2.19. The molecule has 28 heavy (non-hydrogen) atoms. The van der Waals surface area contributed by atoms with Gasteiger partial charge >= 0.3 is 0 Å². The van der Waals surface area contributed by atoms with E-state index in [2.05, 4.69) is 20.6 Å². The zero-order valence-electron chi connectivity index (χ0n) is 14.1. The number of aromatic amines is 1. The molecule has 0 bridgehead atoms. The van der Waals surface area contributed by atoms with E-state index >= 15 is 0 Å². The molecule has 4 N–H and O–H groups in total. The summed E-state index contributed by atoms with van der Waals surface area (Å²) in [6.07, 6.45) is 1.58. The highest BCUT2D eigenvalue weighted by molar-refractivity contribution is 7.94. The lowest BCUT2D eigenvalue weighted by molar-refractivity contribution is 0.0846. The number of thiophene rings is 1. The number of nitrogens with one attached hydrogen (secondary N) is 4. The summed E-state index contributed by atoms with van der Waals surface area (Å²) in [5, 5.41) is 1.64. The van der Waals surface area contributed by atoms with Crippen molar-refractivity contribution in [3.63, 3.8) is 0 Å². The van der Waals surface area contributed by atoms with Crippen molar-refractivity contribution < 1.29 is 18.0 Å². The van der Waals surface area contributed by atoms with E-state index < -0.39 is 21.8 Å². The molecule has 2 aromatic heterocycles. The first-order chi connectivity index (χ1) is 13.4. The Morgan fingerprint density at radius 2 is 1.61 bits per heavy atom. The number of para-hydroxylation sites is 1. The first-order valence-corrected chi connectivity index (χ1v) is 10.6. The number of H-pyrrole nitrogens is 1. The molecule has 8 nitrogen and oxygen atoms in total. The first-order valence-electron chi connectivity index (χ1n) is 7.82. The Morgan fingerprint density at radius 1 is 0.929 bits per heavy atom. The molecular weight excluding hydrogens is 420 g/mol. The van der Waals surface area contributed by atoms with Crippen LogP contribution in [0.4, 0.5) is 5.69 Å². The van der Waals surface area contributed by atoms with E-state index in [4.69, 9.17) is 12.2 Å². The van der Waals surface area contributed by atoms with Gasteiger partial charge in [-0.3, -0.25) is 25.2 Å². The average Bonchev–Trinajstić information content (AvgIpc) is 3.22. The van der Waals surface area contributed by atoms with Crippen LogP contribution in [-0.4, -0.2) is 25.2 Å². The zero-order valence-corrected chi connectivity index (χ0v) is 16.6. The lowest BCUT2D eigenvalue weighted by Gasteiger charge is -2.12.